The van der Waals surface area contributed by atoms with E-state index in [0.717, 1.165) is 17.7 Å². The summed E-state index contributed by atoms with van der Waals surface area (Å²) in [6.45, 7) is -0.159. The number of alkyl halides is 3. The fraction of sp³-hybridized carbons (Fsp3) is 0.455. The van der Waals surface area contributed by atoms with Crippen LogP contribution in [0.5, 0.6) is 0 Å². The van der Waals surface area contributed by atoms with Gasteiger partial charge in [-0.1, -0.05) is 18.2 Å². The van der Waals surface area contributed by atoms with Crippen LogP contribution in [0, 0.1) is 0 Å². The predicted molar refractivity (Wildman–Crippen MR) is 74.1 cm³/mol. The first-order valence-electron chi connectivity index (χ1n) is 5.87. The fourth-order valence-electron chi connectivity index (χ4n) is 1.86. The van der Waals surface area contributed by atoms with Crippen molar-refractivity contribution in [2.75, 3.05) is 6.54 Å². The van der Waals surface area contributed by atoms with Gasteiger partial charge >= 0.3 is 6.18 Å². The maximum absolute atomic E-state index is 11.9. The molecule has 0 unspecified atom stereocenters. The monoisotopic (exact) mass is 345 g/mol. The molecule has 0 radical (unpaired) electrons. The maximum atomic E-state index is 11.9. The molecule has 0 saturated heterocycles. The second kappa shape index (κ2) is 6.93. The van der Waals surface area contributed by atoms with Crippen LogP contribution in [-0.2, 0) is 29.8 Å². The van der Waals surface area contributed by atoms with Crippen LogP contribution in [0.2, 0.25) is 0 Å². The third-order valence-corrected chi connectivity index (χ3v) is 3.88. The van der Waals surface area contributed by atoms with Crippen molar-refractivity contribution in [2.24, 2.45) is 0 Å². The summed E-state index contributed by atoms with van der Waals surface area (Å²) in [7, 11) is -4.16. The van der Waals surface area contributed by atoms with E-state index in [-0.39, 0.29) is 19.0 Å². The lowest BCUT2D eigenvalue weighted by atomic mass is 10.1. The van der Waals surface area contributed by atoms with Crippen molar-refractivity contribution in [3.63, 3.8) is 0 Å². The van der Waals surface area contributed by atoms with Gasteiger partial charge in [-0.05, 0) is 16.7 Å². The average molecular weight is 346 g/mol. The van der Waals surface area contributed by atoms with Gasteiger partial charge in [-0.3, -0.25) is 0 Å². The Morgan fingerprint density at radius 1 is 1.14 bits per heavy atom. The standard InChI is InChI=1S/C11H14F3N3O2S.ClH/c12-11(13,14)7-17-20(18,19)16-4-8-1-2-9-5-15-6-10(9)3-8;/h1-3,15-17H,4-7H2;1H. The van der Waals surface area contributed by atoms with Gasteiger partial charge in [0.05, 0.1) is 0 Å². The van der Waals surface area contributed by atoms with Gasteiger partial charge < -0.3 is 5.32 Å². The van der Waals surface area contributed by atoms with E-state index in [1.165, 1.54) is 4.72 Å². The summed E-state index contributed by atoms with van der Waals surface area (Å²) in [5, 5.41) is 3.15. The molecule has 0 amide bonds. The Balaban J connectivity index is 0.00000220. The van der Waals surface area contributed by atoms with Crippen LogP contribution < -0.4 is 14.8 Å². The third-order valence-electron chi connectivity index (χ3n) is 2.83. The van der Waals surface area contributed by atoms with Crippen LogP contribution >= 0.6 is 12.4 Å². The molecule has 0 bridgehead atoms. The van der Waals surface area contributed by atoms with Crippen molar-refractivity contribution in [2.45, 2.75) is 25.8 Å². The molecule has 0 fully saturated rings. The lowest BCUT2D eigenvalue weighted by Gasteiger charge is -2.10. The normalized spacial score (nSPS) is 14.6. The largest absolute Gasteiger partial charge is 0.402 e. The van der Waals surface area contributed by atoms with Crippen LogP contribution in [0.1, 0.15) is 16.7 Å². The molecule has 5 nitrogen and oxygen atoms in total. The molecule has 1 aliphatic rings. The zero-order valence-electron chi connectivity index (χ0n) is 10.8. The van der Waals surface area contributed by atoms with Gasteiger partial charge in [0.25, 0.3) is 10.2 Å². The topological polar surface area (TPSA) is 70.2 Å². The Hall–Kier alpha value is -0.870. The zero-order chi connectivity index (χ0) is 14.8. The van der Waals surface area contributed by atoms with Crippen LogP contribution in [0.25, 0.3) is 0 Å². The molecule has 0 atom stereocenters. The summed E-state index contributed by atoms with van der Waals surface area (Å²) >= 11 is 0. The molecular weight excluding hydrogens is 331 g/mol. The molecule has 1 aliphatic heterocycles. The molecule has 0 aromatic heterocycles. The van der Waals surface area contributed by atoms with Gasteiger partial charge in [-0.15, -0.1) is 12.4 Å². The molecule has 0 aliphatic carbocycles. The summed E-state index contributed by atoms with van der Waals surface area (Å²) in [6, 6.07) is 5.46. The van der Waals surface area contributed by atoms with E-state index in [1.807, 2.05) is 12.1 Å². The predicted octanol–water partition coefficient (Wildman–Crippen LogP) is 1.20. The minimum Gasteiger partial charge on any atom is -0.309 e. The first-order chi connectivity index (χ1) is 9.25. The Kier molecular flexibility index (Phi) is 6.00. The van der Waals surface area contributed by atoms with Crippen LogP contribution in [-0.4, -0.2) is 21.1 Å². The number of rotatable bonds is 5. The van der Waals surface area contributed by atoms with Crippen molar-refractivity contribution in [3.05, 3.63) is 34.9 Å². The first-order valence-corrected chi connectivity index (χ1v) is 7.36. The molecule has 0 spiro atoms. The van der Waals surface area contributed by atoms with Crippen LogP contribution in [0.4, 0.5) is 13.2 Å². The van der Waals surface area contributed by atoms with E-state index in [2.05, 4.69) is 10.0 Å². The first kappa shape index (κ1) is 18.2. The van der Waals surface area contributed by atoms with Gasteiger partial charge in [-0.25, -0.2) is 0 Å². The highest BCUT2D eigenvalue weighted by Crippen LogP contribution is 2.17. The van der Waals surface area contributed by atoms with Gasteiger partial charge in [0.2, 0.25) is 0 Å². The van der Waals surface area contributed by atoms with E-state index < -0.39 is 22.9 Å². The molecule has 10 heteroatoms. The quantitative estimate of drug-likeness (QED) is 0.751. The Bertz CT molecular complexity index is 593. The molecule has 1 aromatic carbocycles. The van der Waals surface area contributed by atoms with Crippen molar-refractivity contribution < 1.29 is 21.6 Å². The lowest BCUT2D eigenvalue weighted by Crippen LogP contribution is -2.41. The minimum absolute atomic E-state index is 0. The number of benzene rings is 1. The highest BCUT2D eigenvalue weighted by Gasteiger charge is 2.29. The fourth-order valence-corrected chi connectivity index (χ4v) is 2.68. The summed E-state index contributed by atoms with van der Waals surface area (Å²) in [6.07, 6.45) is -4.58. The highest BCUT2D eigenvalue weighted by molar-refractivity contribution is 7.87. The number of halogens is 4. The lowest BCUT2D eigenvalue weighted by molar-refractivity contribution is -0.121. The highest BCUT2D eigenvalue weighted by atomic mass is 35.5. The van der Waals surface area contributed by atoms with Crippen LogP contribution in [0.15, 0.2) is 18.2 Å². The smallest absolute Gasteiger partial charge is 0.309 e. The molecule has 120 valence electrons. The van der Waals surface area contributed by atoms with E-state index in [0.29, 0.717) is 12.1 Å². The van der Waals surface area contributed by atoms with Gasteiger partial charge in [0.15, 0.2) is 0 Å². The van der Waals surface area contributed by atoms with Crippen molar-refractivity contribution in [1.82, 2.24) is 14.8 Å². The summed E-state index contributed by atoms with van der Waals surface area (Å²) in [5.74, 6) is 0. The third kappa shape index (κ3) is 5.79. The van der Waals surface area contributed by atoms with E-state index in [1.54, 1.807) is 6.07 Å². The SMILES string of the molecule is Cl.O=S(=O)(NCc1ccc2c(c1)CNC2)NCC(F)(F)F. The van der Waals surface area contributed by atoms with Gasteiger partial charge in [-0.2, -0.15) is 31.0 Å². The maximum Gasteiger partial charge on any atom is 0.402 e. The molecule has 1 heterocycles. The average Bonchev–Trinajstić information content (AvgIpc) is 2.81. The van der Waals surface area contributed by atoms with Crippen LogP contribution in [0.3, 0.4) is 0 Å². The minimum atomic E-state index is -4.58. The van der Waals surface area contributed by atoms with Crippen molar-refractivity contribution in [1.29, 1.82) is 0 Å². The molecule has 2 rings (SSSR count). The number of nitrogens with one attached hydrogen (secondary N) is 3. The zero-order valence-corrected chi connectivity index (χ0v) is 12.5. The van der Waals surface area contributed by atoms with Crippen molar-refractivity contribution >= 4 is 22.6 Å². The molecule has 21 heavy (non-hydrogen) atoms. The molecule has 3 N–H and O–H groups in total. The number of hydrogen-bond acceptors (Lipinski definition) is 3. The molecule has 0 saturated carbocycles. The summed E-state index contributed by atoms with van der Waals surface area (Å²) in [4.78, 5) is 0. The number of fused-ring (bicyclic) bond motifs is 1. The molecular formula is C11H15ClF3N3O2S. The Morgan fingerprint density at radius 3 is 2.48 bits per heavy atom. The molecule has 1 aromatic rings. The Morgan fingerprint density at radius 2 is 1.81 bits per heavy atom. The second-order valence-corrected chi connectivity index (χ2v) is 6.05. The summed E-state index contributed by atoms with van der Waals surface area (Å²) in [5.41, 5.74) is 2.92. The number of hydrogen-bond donors (Lipinski definition) is 3. The Labute approximate surface area is 126 Å². The second-order valence-electron chi connectivity index (χ2n) is 4.47. The van der Waals surface area contributed by atoms with E-state index in [4.69, 9.17) is 0 Å². The van der Waals surface area contributed by atoms with Gasteiger partial charge in [0.1, 0.15) is 6.54 Å². The van der Waals surface area contributed by atoms with Gasteiger partial charge in [0, 0.05) is 19.6 Å². The van der Waals surface area contributed by atoms with E-state index >= 15 is 0 Å². The van der Waals surface area contributed by atoms with E-state index in [9.17, 15) is 21.6 Å². The van der Waals surface area contributed by atoms with Crippen molar-refractivity contribution in [3.8, 4) is 0 Å². The summed E-state index contributed by atoms with van der Waals surface area (Å²) < 4.78 is 62.0.